The number of carboxylic acid groups (broad SMARTS) is 1. The highest BCUT2D eigenvalue weighted by atomic mass is 16.4. The number of carboxylic acids is 1. The lowest BCUT2D eigenvalue weighted by Crippen LogP contribution is -2.56. The molecule has 5 aliphatic rings. The van der Waals surface area contributed by atoms with Crippen molar-refractivity contribution < 1.29 is 24.6 Å². The molecule has 5 unspecified atom stereocenters. The molecule has 0 bridgehead atoms. The van der Waals surface area contributed by atoms with Crippen molar-refractivity contribution in [1.82, 2.24) is 0 Å². The second kappa shape index (κ2) is 6.37. The van der Waals surface area contributed by atoms with Crippen molar-refractivity contribution in [3.05, 3.63) is 23.8 Å². The number of carbonyl (C=O) groups excluding carboxylic acids is 2. The number of fused-ring (bicyclic) bond motifs is 7. The van der Waals surface area contributed by atoms with E-state index in [4.69, 9.17) is 9.90 Å². The second-order valence-electron chi connectivity index (χ2n) is 10.3. The molecule has 5 rings (SSSR count). The van der Waals surface area contributed by atoms with Crippen LogP contribution in [0.2, 0.25) is 0 Å². The number of Topliss-reactive ketones (excluding diaryl/α,β-unsaturated/α-hetero) is 1. The summed E-state index contributed by atoms with van der Waals surface area (Å²) in [5.74, 6) is 1.52. The lowest BCUT2D eigenvalue weighted by molar-refractivity contribution is -0.157. The summed E-state index contributed by atoms with van der Waals surface area (Å²) >= 11 is 0. The van der Waals surface area contributed by atoms with Gasteiger partial charge in [0.15, 0.2) is 11.6 Å². The number of carbonyl (C=O) groups is 3. The topological polar surface area (TPSA) is 91.7 Å². The van der Waals surface area contributed by atoms with Gasteiger partial charge < -0.3 is 10.2 Å². The summed E-state index contributed by atoms with van der Waals surface area (Å²) in [4.78, 5) is 33.5. The molecule has 0 amide bonds. The van der Waals surface area contributed by atoms with Crippen LogP contribution >= 0.6 is 0 Å². The first-order valence-electron chi connectivity index (χ1n) is 10.8. The number of hydrogen-bond acceptors (Lipinski definition) is 4. The predicted molar refractivity (Wildman–Crippen MR) is 108 cm³/mol. The molecular weight excluding hydrogens is 368 g/mol. The van der Waals surface area contributed by atoms with Crippen LogP contribution < -0.4 is 0 Å². The van der Waals surface area contributed by atoms with Crippen LogP contribution in [0.3, 0.4) is 0 Å². The second-order valence-corrected chi connectivity index (χ2v) is 10.3. The van der Waals surface area contributed by atoms with Gasteiger partial charge >= 0.3 is 0 Å². The van der Waals surface area contributed by atoms with Crippen LogP contribution in [-0.2, 0) is 14.4 Å². The Hall–Kier alpha value is -1.75. The molecule has 0 heterocycles. The lowest BCUT2D eigenvalue weighted by atomic mass is 9.47. The quantitative estimate of drug-likeness (QED) is 0.702. The SMILES string of the molecule is CC(=O)O.CC(=O)[C@@]1(O)CCC2C3C=CC4=CC(=O)C5CC5[C@]4(C)C3CC[C@@]21C. The Morgan fingerprint density at radius 3 is 2.31 bits per heavy atom. The Morgan fingerprint density at radius 2 is 1.69 bits per heavy atom. The molecule has 5 aliphatic carbocycles. The third-order valence-corrected chi connectivity index (χ3v) is 9.18. The van der Waals surface area contributed by atoms with Crippen molar-refractivity contribution in [2.75, 3.05) is 0 Å². The first kappa shape index (κ1) is 20.5. The van der Waals surface area contributed by atoms with Gasteiger partial charge in [0.25, 0.3) is 5.97 Å². The number of allylic oxidation sites excluding steroid dienone is 4. The molecule has 3 fully saturated rings. The molecule has 0 spiro atoms. The molecule has 158 valence electrons. The number of hydrogen-bond donors (Lipinski definition) is 2. The number of rotatable bonds is 1. The highest BCUT2D eigenvalue weighted by Crippen LogP contribution is 2.70. The molecule has 29 heavy (non-hydrogen) atoms. The molecule has 2 N–H and O–H groups in total. The van der Waals surface area contributed by atoms with Gasteiger partial charge in [-0.1, -0.05) is 26.0 Å². The van der Waals surface area contributed by atoms with E-state index in [0.717, 1.165) is 32.6 Å². The summed E-state index contributed by atoms with van der Waals surface area (Å²) in [7, 11) is 0. The summed E-state index contributed by atoms with van der Waals surface area (Å²) in [6, 6.07) is 0. The molecule has 0 aromatic carbocycles. The molecule has 5 nitrogen and oxygen atoms in total. The summed E-state index contributed by atoms with van der Waals surface area (Å²) in [6.45, 7) is 7.17. The average molecular weight is 401 g/mol. The zero-order valence-corrected chi connectivity index (χ0v) is 17.8. The normalized spacial score (nSPS) is 48.8. The largest absolute Gasteiger partial charge is 0.481 e. The van der Waals surface area contributed by atoms with Gasteiger partial charge in [-0.25, -0.2) is 0 Å². The standard InChI is InChI=1S/C22H28O3.C2H4O2/c1-12(23)22(25)9-7-16-14-5-4-13-10-19(24)15-11-18(15)21(13,3)17(14)6-8-20(16,22)2;1-2(3)4/h4-5,10,14-18,25H,6-9,11H2,1-3H3;1H3,(H,3,4)/t14?,15?,16?,17?,18?,20-,21-,22-;/m0./s1. The third-order valence-electron chi connectivity index (χ3n) is 9.18. The highest BCUT2D eigenvalue weighted by molar-refractivity contribution is 5.97. The van der Waals surface area contributed by atoms with E-state index in [0.29, 0.717) is 35.9 Å². The fourth-order valence-corrected chi connectivity index (χ4v) is 7.49. The van der Waals surface area contributed by atoms with Crippen LogP contribution in [-0.4, -0.2) is 33.3 Å². The van der Waals surface area contributed by atoms with Crippen LogP contribution in [0, 0.1) is 40.4 Å². The minimum absolute atomic E-state index is 0.0620. The zero-order chi connectivity index (χ0) is 21.4. The summed E-state index contributed by atoms with van der Waals surface area (Å²) < 4.78 is 0. The van der Waals surface area contributed by atoms with Gasteiger partial charge in [0.1, 0.15) is 5.60 Å². The molecule has 8 atom stereocenters. The zero-order valence-electron chi connectivity index (χ0n) is 17.8. The Labute approximate surface area is 172 Å². The van der Waals surface area contributed by atoms with Gasteiger partial charge in [0.05, 0.1) is 0 Å². The Balaban J connectivity index is 0.000000472. The molecular formula is C24H32O5. The van der Waals surface area contributed by atoms with Crippen LogP contribution in [0.1, 0.15) is 59.8 Å². The van der Waals surface area contributed by atoms with E-state index in [1.165, 1.54) is 5.57 Å². The maximum atomic E-state index is 12.3. The van der Waals surface area contributed by atoms with Crippen molar-refractivity contribution in [3.63, 3.8) is 0 Å². The highest BCUT2D eigenvalue weighted by Gasteiger charge is 2.68. The fraction of sp³-hybridized carbons (Fsp3) is 0.708. The van der Waals surface area contributed by atoms with Crippen LogP contribution in [0.5, 0.6) is 0 Å². The van der Waals surface area contributed by atoms with E-state index in [1.54, 1.807) is 6.92 Å². The number of aliphatic hydroxyl groups is 1. The van der Waals surface area contributed by atoms with Gasteiger partial charge in [-0.2, -0.15) is 0 Å². The van der Waals surface area contributed by atoms with E-state index in [1.807, 2.05) is 6.08 Å². The van der Waals surface area contributed by atoms with Crippen molar-refractivity contribution in [2.24, 2.45) is 40.4 Å². The summed E-state index contributed by atoms with van der Waals surface area (Å²) in [5, 5.41) is 18.6. The number of ketones is 2. The van der Waals surface area contributed by atoms with Crippen LogP contribution in [0.25, 0.3) is 0 Å². The first-order valence-corrected chi connectivity index (χ1v) is 10.8. The van der Waals surface area contributed by atoms with Gasteiger partial charge in [-0.3, -0.25) is 14.4 Å². The van der Waals surface area contributed by atoms with Gasteiger partial charge in [0, 0.05) is 18.3 Å². The minimum Gasteiger partial charge on any atom is -0.481 e. The van der Waals surface area contributed by atoms with Gasteiger partial charge in [-0.15, -0.1) is 0 Å². The maximum absolute atomic E-state index is 12.3. The Morgan fingerprint density at radius 1 is 1.07 bits per heavy atom. The first-order chi connectivity index (χ1) is 13.5. The molecule has 0 saturated heterocycles. The van der Waals surface area contributed by atoms with Crippen molar-refractivity contribution >= 4 is 17.5 Å². The maximum Gasteiger partial charge on any atom is 0.300 e. The van der Waals surface area contributed by atoms with E-state index in [-0.39, 0.29) is 22.5 Å². The van der Waals surface area contributed by atoms with Crippen LogP contribution in [0.15, 0.2) is 23.8 Å². The van der Waals surface area contributed by atoms with Crippen LogP contribution in [0.4, 0.5) is 0 Å². The third kappa shape index (κ3) is 2.66. The fourth-order valence-electron chi connectivity index (χ4n) is 7.49. The number of aliphatic carboxylic acids is 1. The summed E-state index contributed by atoms with van der Waals surface area (Å²) in [6.07, 6.45) is 11.0. The predicted octanol–water partition coefficient (Wildman–Crippen LogP) is 3.56. The van der Waals surface area contributed by atoms with E-state index in [2.05, 4.69) is 26.0 Å². The lowest BCUT2D eigenvalue weighted by Gasteiger charge is -2.57. The van der Waals surface area contributed by atoms with Crippen molar-refractivity contribution in [2.45, 2.75) is 65.4 Å². The molecule has 0 radical (unpaired) electrons. The summed E-state index contributed by atoms with van der Waals surface area (Å²) in [5.41, 5.74) is -0.120. The molecule has 0 aromatic rings. The molecule has 3 saturated carbocycles. The monoisotopic (exact) mass is 400 g/mol. The smallest absolute Gasteiger partial charge is 0.300 e. The van der Waals surface area contributed by atoms with E-state index < -0.39 is 11.6 Å². The molecule has 5 heteroatoms. The minimum atomic E-state index is -1.15. The van der Waals surface area contributed by atoms with Crippen molar-refractivity contribution in [1.29, 1.82) is 0 Å². The molecule has 0 aromatic heterocycles. The van der Waals surface area contributed by atoms with Crippen molar-refractivity contribution in [3.8, 4) is 0 Å². The van der Waals surface area contributed by atoms with E-state index in [9.17, 15) is 14.7 Å². The van der Waals surface area contributed by atoms with E-state index >= 15 is 0 Å². The molecule has 0 aliphatic heterocycles. The Bertz CT molecular complexity index is 836. The van der Waals surface area contributed by atoms with Gasteiger partial charge in [-0.05, 0) is 79.8 Å². The van der Waals surface area contributed by atoms with Gasteiger partial charge in [0.2, 0.25) is 0 Å². The Kier molecular flexibility index (Phi) is 4.51. The average Bonchev–Trinajstić information content (AvgIpc) is 3.38.